The molecule has 1 N–H and O–H groups in total. The monoisotopic (exact) mass is 269 g/mol. The van der Waals surface area contributed by atoms with Gasteiger partial charge in [-0.05, 0) is 45.8 Å². The van der Waals surface area contributed by atoms with Crippen molar-refractivity contribution >= 4 is 5.91 Å². The summed E-state index contributed by atoms with van der Waals surface area (Å²) >= 11 is 0. The molecule has 1 heterocycles. The Hall–Kier alpha value is -0.610. The van der Waals surface area contributed by atoms with Gasteiger partial charge in [0, 0.05) is 19.1 Å². The first-order valence-corrected chi connectivity index (χ1v) is 7.64. The summed E-state index contributed by atoms with van der Waals surface area (Å²) in [6.45, 7) is 9.29. The van der Waals surface area contributed by atoms with E-state index in [1.807, 2.05) is 0 Å². The van der Waals surface area contributed by atoms with Crippen molar-refractivity contribution in [3.8, 4) is 0 Å². The molecule has 1 amide bonds. The molecule has 0 aromatic rings. The molecule has 2 atom stereocenters. The zero-order valence-electron chi connectivity index (χ0n) is 13.3. The lowest BCUT2D eigenvalue weighted by Gasteiger charge is -2.40. The summed E-state index contributed by atoms with van der Waals surface area (Å²) in [6.07, 6.45) is 3.19. The number of piperidine rings is 1. The van der Waals surface area contributed by atoms with Crippen molar-refractivity contribution in [1.29, 1.82) is 0 Å². The molecule has 4 nitrogen and oxygen atoms in total. The Morgan fingerprint density at radius 1 is 1.42 bits per heavy atom. The quantitative estimate of drug-likeness (QED) is 0.762. The second kappa shape index (κ2) is 7.85. The highest BCUT2D eigenvalue weighted by molar-refractivity contribution is 5.83. The molecule has 1 saturated heterocycles. The van der Waals surface area contributed by atoms with Crippen LogP contribution >= 0.6 is 0 Å². The van der Waals surface area contributed by atoms with Crippen molar-refractivity contribution in [2.24, 2.45) is 5.92 Å². The fraction of sp³-hybridized carbons (Fsp3) is 0.933. The fourth-order valence-electron chi connectivity index (χ4n) is 2.96. The molecule has 112 valence electrons. The van der Waals surface area contributed by atoms with Gasteiger partial charge in [-0.25, -0.2) is 0 Å². The Morgan fingerprint density at radius 3 is 2.63 bits per heavy atom. The molecule has 0 saturated carbocycles. The average Bonchev–Trinajstić information content (AvgIpc) is 2.30. The summed E-state index contributed by atoms with van der Waals surface area (Å²) < 4.78 is 0. The number of nitrogens with zero attached hydrogens (tertiary/aromatic N) is 2. The number of hydrogen-bond acceptors (Lipinski definition) is 3. The van der Waals surface area contributed by atoms with Gasteiger partial charge in [-0.1, -0.05) is 20.8 Å². The van der Waals surface area contributed by atoms with E-state index in [1.54, 1.807) is 0 Å². The molecule has 0 aromatic heterocycles. The third-order valence-electron chi connectivity index (χ3n) is 3.68. The number of hydrogen-bond donors (Lipinski definition) is 1. The highest BCUT2D eigenvalue weighted by Crippen LogP contribution is 2.19. The minimum Gasteiger partial charge on any atom is -0.337 e. The maximum Gasteiger partial charge on any atom is 0.239 e. The van der Waals surface area contributed by atoms with Gasteiger partial charge in [0.25, 0.3) is 0 Å². The second-order valence-corrected chi connectivity index (χ2v) is 6.33. The molecule has 4 heteroatoms. The first-order chi connectivity index (χ1) is 8.95. The summed E-state index contributed by atoms with van der Waals surface area (Å²) in [5, 5.41) is 3.32. The van der Waals surface area contributed by atoms with Gasteiger partial charge in [-0.15, -0.1) is 0 Å². The molecular weight excluding hydrogens is 238 g/mol. The van der Waals surface area contributed by atoms with Crippen molar-refractivity contribution in [3.63, 3.8) is 0 Å². The van der Waals surface area contributed by atoms with E-state index < -0.39 is 0 Å². The first kappa shape index (κ1) is 16.4. The molecule has 0 aliphatic carbocycles. The largest absolute Gasteiger partial charge is 0.337 e. The molecular formula is C15H31N3O. The summed E-state index contributed by atoms with van der Waals surface area (Å²) in [6, 6.07) is 0.388. The van der Waals surface area contributed by atoms with Crippen LogP contribution in [0.15, 0.2) is 0 Å². The van der Waals surface area contributed by atoms with Gasteiger partial charge in [-0.2, -0.15) is 0 Å². The van der Waals surface area contributed by atoms with Crippen LogP contribution in [0.2, 0.25) is 0 Å². The molecule has 1 rings (SSSR count). The predicted molar refractivity (Wildman–Crippen MR) is 80.2 cm³/mol. The number of rotatable bonds is 7. The number of nitrogens with one attached hydrogen (secondary N) is 1. The van der Waals surface area contributed by atoms with E-state index in [9.17, 15) is 4.79 Å². The third kappa shape index (κ3) is 5.11. The maximum absolute atomic E-state index is 12.6. The zero-order chi connectivity index (χ0) is 14.4. The van der Waals surface area contributed by atoms with Crippen LogP contribution in [0.3, 0.4) is 0 Å². The van der Waals surface area contributed by atoms with Crippen LogP contribution in [0.4, 0.5) is 0 Å². The molecule has 0 radical (unpaired) electrons. The average molecular weight is 269 g/mol. The normalized spacial score (nSPS) is 22.4. The molecule has 19 heavy (non-hydrogen) atoms. The molecule has 2 unspecified atom stereocenters. The summed E-state index contributed by atoms with van der Waals surface area (Å²) in [4.78, 5) is 16.9. The van der Waals surface area contributed by atoms with E-state index in [-0.39, 0.29) is 6.04 Å². The van der Waals surface area contributed by atoms with Crippen LogP contribution in [0, 0.1) is 5.92 Å². The smallest absolute Gasteiger partial charge is 0.239 e. The Bertz CT molecular complexity index is 267. The van der Waals surface area contributed by atoms with Crippen molar-refractivity contribution in [1.82, 2.24) is 15.1 Å². The lowest BCUT2D eigenvalue weighted by molar-refractivity contribution is -0.139. The number of likely N-dealkylation sites (N-methyl/N-ethyl adjacent to an activating group) is 2. The number of carbonyl (C=O) groups excluding carboxylic acids is 1. The molecule has 1 aliphatic heterocycles. The van der Waals surface area contributed by atoms with Gasteiger partial charge < -0.3 is 15.1 Å². The standard InChI is InChI=1S/C15H31N3O/c1-6-16-14-8-7-9-18(15(14)19)13(10-12(2)3)11-17(4)5/h12-14,16H,6-11H2,1-5H3. The van der Waals surface area contributed by atoms with Crippen molar-refractivity contribution in [2.45, 2.75) is 52.1 Å². The van der Waals surface area contributed by atoms with E-state index in [1.165, 1.54) is 0 Å². The van der Waals surface area contributed by atoms with Gasteiger partial charge in [-0.3, -0.25) is 4.79 Å². The predicted octanol–water partition coefficient (Wildman–Crippen LogP) is 1.56. The SMILES string of the molecule is CCNC1CCCN(C(CC(C)C)CN(C)C)C1=O. The molecule has 1 aliphatic rings. The Labute approximate surface area is 118 Å². The first-order valence-electron chi connectivity index (χ1n) is 7.64. The van der Waals surface area contributed by atoms with Gasteiger partial charge in [0.05, 0.1) is 6.04 Å². The lowest BCUT2D eigenvalue weighted by atomic mass is 9.97. The molecule has 0 spiro atoms. The topological polar surface area (TPSA) is 35.6 Å². The van der Waals surface area contributed by atoms with Crippen molar-refractivity contribution < 1.29 is 4.79 Å². The van der Waals surface area contributed by atoms with Crippen LogP contribution in [0.5, 0.6) is 0 Å². The third-order valence-corrected chi connectivity index (χ3v) is 3.68. The van der Waals surface area contributed by atoms with Gasteiger partial charge in [0.2, 0.25) is 5.91 Å². The highest BCUT2D eigenvalue weighted by atomic mass is 16.2. The number of carbonyl (C=O) groups is 1. The van der Waals surface area contributed by atoms with Crippen LogP contribution < -0.4 is 5.32 Å². The fourth-order valence-corrected chi connectivity index (χ4v) is 2.96. The van der Waals surface area contributed by atoms with E-state index in [0.717, 1.165) is 38.9 Å². The maximum atomic E-state index is 12.6. The van der Waals surface area contributed by atoms with E-state index >= 15 is 0 Å². The Kier molecular flexibility index (Phi) is 6.80. The second-order valence-electron chi connectivity index (χ2n) is 6.33. The lowest BCUT2D eigenvalue weighted by Crippen LogP contribution is -2.56. The highest BCUT2D eigenvalue weighted by Gasteiger charge is 2.32. The molecule has 0 aromatic carbocycles. The van der Waals surface area contributed by atoms with Crippen LogP contribution in [0.1, 0.15) is 40.0 Å². The molecule has 0 bridgehead atoms. The summed E-state index contributed by atoms with van der Waals surface area (Å²) in [5.41, 5.74) is 0. The van der Waals surface area contributed by atoms with Crippen molar-refractivity contribution in [3.05, 3.63) is 0 Å². The molecule has 1 fully saturated rings. The van der Waals surface area contributed by atoms with E-state index in [0.29, 0.717) is 17.9 Å². The number of amides is 1. The summed E-state index contributed by atoms with van der Waals surface area (Å²) in [7, 11) is 4.17. The van der Waals surface area contributed by atoms with Gasteiger partial charge >= 0.3 is 0 Å². The van der Waals surface area contributed by atoms with Gasteiger partial charge in [0.1, 0.15) is 0 Å². The Morgan fingerprint density at radius 2 is 2.11 bits per heavy atom. The van der Waals surface area contributed by atoms with Crippen LogP contribution in [-0.2, 0) is 4.79 Å². The van der Waals surface area contributed by atoms with E-state index in [2.05, 4.69) is 50.0 Å². The number of likely N-dealkylation sites (tertiary alicyclic amines) is 1. The minimum absolute atomic E-state index is 0.0376. The zero-order valence-corrected chi connectivity index (χ0v) is 13.3. The minimum atomic E-state index is 0.0376. The van der Waals surface area contributed by atoms with Crippen LogP contribution in [-0.4, -0.2) is 61.5 Å². The van der Waals surface area contributed by atoms with Crippen LogP contribution in [0.25, 0.3) is 0 Å². The van der Waals surface area contributed by atoms with E-state index in [4.69, 9.17) is 0 Å². The Balaban J connectivity index is 2.72. The summed E-state index contributed by atoms with van der Waals surface area (Å²) in [5.74, 6) is 0.929. The van der Waals surface area contributed by atoms with Crippen molar-refractivity contribution in [2.75, 3.05) is 33.7 Å². The van der Waals surface area contributed by atoms with Gasteiger partial charge in [0.15, 0.2) is 0 Å².